The molecule has 0 aliphatic carbocycles. The van der Waals surface area contributed by atoms with E-state index in [1.54, 1.807) is 36.4 Å². The summed E-state index contributed by atoms with van der Waals surface area (Å²) < 4.78 is 37.6. The molecule has 1 aliphatic rings. The Kier molecular flexibility index (Phi) is 5.82. The van der Waals surface area contributed by atoms with Crippen molar-refractivity contribution >= 4 is 10.0 Å². The first-order valence-electron chi connectivity index (χ1n) is 8.90. The Balaban J connectivity index is 1.77. The molecular weight excluding hydrogens is 354 g/mol. The zero-order valence-corrected chi connectivity index (χ0v) is 15.7. The van der Waals surface area contributed by atoms with E-state index >= 15 is 0 Å². The molecule has 0 amide bonds. The molecule has 1 aromatic carbocycles. The molecule has 0 bridgehead atoms. The van der Waals surface area contributed by atoms with Crippen molar-refractivity contribution in [2.75, 3.05) is 13.2 Å². The number of rotatable bonds is 7. The molecule has 2 aromatic rings. The van der Waals surface area contributed by atoms with Gasteiger partial charge in [0.1, 0.15) is 0 Å². The fraction of sp³-hybridized carbons (Fsp3) is 0.474. The molecule has 7 heteroatoms. The van der Waals surface area contributed by atoms with Crippen LogP contribution in [0.2, 0.25) is 0 Å². The van der Waals surface area contributed by atoms with Crippen molar-refractivity contribution in [3.63, 3.8) is 0 Å². The molecule has 1 fully saturated rings. The smallest absolute Gasteiger partial charge is 0.267 e. The number of aliphatic hydroxyl groups is 1. The Labute approximate surface area is 154 Å². The molecule has 1 N–H and O–H groups in total. The van der Waals surface area contributed by atoms with E-state index in [0.717, 1.165) is 10.4 Å². The minimum absolute atomic E-state index is 0.214. The van der Waals surface area contributed by atoms with Gasteiger partial charge in [-0.3, -0.25) is 0 Å². The zero-order valence-electron chi connectivity index (χ0n) is 14.9. The Hall–Kier alpha value is -1.67. The van der Waals surface area contributed by atoms with Crippen LogP contribution in [-0.4, -0.2) is 37.0 Å². The monoisotopic (exact) mass is 379 g/mol. The van der Waals surface area contributed by atoms with E-state index in [0.29, 0.717) is 38.0 Å². The maximum absolute atomic E-state index is 12.7. The third kappa shape index (κ3) is 4.01. The van der Waals surface area contributed by atoms with Crippen LogP contribution in [-0.2, 0) is 25.1 Å². The number of aromatic nitrogens is 1. The van der Waals surface area contributed by atoms with Crippen molar-refractivity contribution in [2.45, 2.75) is 49.4 Å². The van der Waals surface area contributed by atoms with E-state index in [2.05, 4.69) is 0 Å². The predicted octanol–water partition coefficient (Wildman–Crippen LogP) is 2.87. The highest BCUT2D eigenvalue weighted by Gasteiger charge is 2.31. The molecule has 1 saturated heterocycles. The van der Waals surface area contributed by atoms with Crippen LogP contribution in [0.3, 0.4) is 0 Å². The molecule has 3 rings (SSSR count). The van der Waals surface area contributed by atoms with E-state index in [-0.39, 0.29) is 11.2 Å². The van der Waals surface area contributed by atoms with Crippen molar-refractivity contribution in [3.8, 4) is 0 Å². The van der Waals surface area contributed by atoms with E-state index in [1.165, 1.54) is 12.4 Å². The molecule has 0 radical (unpaired) electrons. The largest absolute Gasteiger partial charge is 0.385 e. The lowest BCUT2D eigenvalue weighted by atomic mass is 9.88. The lowest BCUT2D eigenvalue weighted by Gasteiger charge is -2.30. The van der Waals surface area contributed by atoms with E-state index in [4.69, 9.17) is 9.47 Å². The van der Waals surface area contributed by atoms with E-state index in [1.807, 2.05) is 6.92 Å². The summed E-state index contributed by atoms with van der Waals surface area (Å²) in [7, 11) is -3.67. The van der Waals surface area contributed by atoms with Crippen LogP contribution in [0.15, 0.2) is 53.7 Å². The Morgan fingerprint density at radius 1 is 1.19 bits per heavy atom. The molecular formula is C19H25NO5S. The summed E-state index contributed by atoms with van der Waals surface area (Å²) in [4.78, 5) is 0.214. The highest BCUT2D eigenvalue weighted by Crippen LogP contribution is 2.32. The maximum Gasteiger partial charge on any atom is 0.267 e. The Bertz CT molecular complexity index is 811. The summed E-state index contributed by atoms with van der Waals surface area (Å²) in [5, 5.41) is 11.1. The second-order valence-corrected chi connectivity index (χ2v) is 8.34. The third-order valence-corrected chi connectivity index (χ3v) is 6.45. The minimum atomic E-state index is -3.67. The standard InChI is InChI=1S/C19H25NO5S/c1-2-19(21,11-9-18-24-13-6-14-25-18)16-10-12-20(15-16)26(22,23)17-7-4-3-5-8-17/h3-5,7-8,10,12,15,18,21H,2,6,9,11,13-14H2,1H3. The molecule has 2 heterocycles. The van der Waals surface area contributed by atoms with Gasteiger partial charge in [-0.05, 0) is 37.5 Å². The molecule has 26 heavy (non-hydrogen) atoms. The molecule has 6 nitrogen and oxygen atoms in total. The second kappa shape index (κ2) is 7.92. The fourth-order valence-corrected chi connectivity index (χ4v) is 4.32. The van der Waals surface area contributed by atoms with E-state index < -0.39 is 15.6 Å². The predicted molar refractivity (Wildman–Crippen MR) is 97.2 cm³/mol. The van der Waals surface area contributed by atoms with Crippen molar-refractivity contribution in [3.05, 3.63) is 54.4 Å². The first-order chi connectivity index (χ1) is 12.5. The number of benzene rings is 1. The van der Waals surface area contributed by atoms with E-state index in [9.17, 15) is 13.5 Å². The van der Waals surface area contributed by atoms with Gasteiger partial charge in [0.25, 0.3) is 10.0 Å². The molecule has 1 unspecified atom stereocenters. The van der Waals surface area contributed by atoms with Crippen LogP contribution in [0.25, 0.3) is 0 Å². The maximum atomic E-state index is 12.7. The molecule has 0 spiro atoms. The van der Waals surface area contributed by atoms with Crippen LogP contribution < -0.4 is 0 Å². The average molecular weight is 379 g/mol. The van der Waals surface area contributed by atoms with Gasteiger partial charge in [-0.2, -0.15) is 0 Å². The number of ether oxygens (including phenoxy) is 2. The minimum Gasteiger partial charge on any atom is -0.385 e. The van der Waals surface area contributed by atoms with Gasteiger partial charge in [-0.25, -0.2) is 12.4 Å². The highest BCUT2D eigenvalue weighted by molar-refractivity contribution is 7.90. The molecule has 0 saturated carbocycles. The van der Waals surface area contributed by atoms with Crippen LogP contribution in [0.5, 0.6) is 0 Å². The molecule has 1 aliphatic heterocycles. The SMILES string of the molecule is CCC(O)(CCC1OCCCO1)c1ccn(S(=O)(=O)c2ccccc2)c1. The summed E-state index contributed by atoms with van der Waals surface area (Å²) in [5.41, 5.74) is -0.544. The third-order valence-electron chi connectivity index (χ3n) is 4.80. The van der Waals surface area contributed by atoms with Crippen LogP contribution >= 0.6 is 0 Å². The first-order valence-corrected chi connectivity index (χ1v) is 10.3. The number of nitrogens with zero attached hydrogens (tertiary/aromatic N) is 1. The normalized spacial score (nSPS) is 18.5. The second-order valence-electron chi connectivity index (χ2n) is 6.50. The van der Waals surface area contributed by atoms with Crippen molar-refractivity contribution < 1.29 is 23.0 Å². The van der Waals surface area contributed by atoms with Crippen LogP contribution in [0.1, 0.15) is 38.2 Å². The number of hydrogen-bond donors (Lipinski definition) is 1. The molecule has 1 aromatic heterocycles. The van der Waals surface area contributed by atoms with Gasteiger partial charge in [-0.1, -0.05) is 25.1 Å². The summed E-state index contributed by atoms with van der Waals surface area (Å²) in [5.74, 6) is 0. The molecule has 1 atom stereocenters. The Morgan fingerprint density at radius 3 is 2.54 bits per heavy atom. The summed E-state index contributed by atoms with van der Waals surface area (Å²) in [6, 6.07) is 9.91. The lowest BCUT2D eigenvalue weighted by molar-refractivity contribution is -0.187. The highest BCUT2D eigenvalue weighted by atomic mass is 32.2. The van der Waals surface area contributed by atoms with Gasteiger partial charge in [-0.15, -0.1) is 0 Å². The Morgan fingerprint density at radius 2 is 1.88 bits per heavy atom. The van der Waals surface area contributed by atoms with Gasteiger partial charge in [0.15, 0.2) is 6.29 Å². The lowest BCUT2D eigenvalue weighted by Crippen LogP contribution is -2.30. The van der Waals surface area contributed by atoms with Crippen molar-refractivity contribution in [2.24, 2.45) is 0 Å². The van der Waals surface area contributed by atoms with Crippen LogP contribution in [0.4, 0.5) is 0 Å². The van der Waals surface area contributed by atoms with Crippen molar-refractivity contribution in [1.29, 1.82) is 0 Å². The van der Waals surface area contributed by atoms with Gasteiger partial charge in [0.05, 0.1) is 23.7 Å². The average Bonchev–Trinajstić information content (AvgIpc) is 3.19. The van der Waals surface area contributed by atoms with Gasteiger partial charge in [0.2, 0.25) is 0 Å². The first kappa shape index (κ1) is 19.1. The van der Waals surface area contributed by atoms with Gasteiger partial charge in [0, 0.05) is 24.4 Å². The summed E-state index contributed by atoms with van der Waals surface area (Å²) in [6.07, 6.45) is 5.01. The fourth-order valence-electron chi connectivity index (χ4n) is 3.10. The summed E-state index contributed by atoms with van der Waals surface area (Å²) >= 11 is 0. The number of hydrogen-bond acceptors (Lipinski definition) is 5. The van der Waals surface area contributed by atoms with Crippen LogP contribution in [0, 0.1) is 0 Å². The zero-order chi connectivity index (χ0) is 18.6. The van der Waals surface area contributed by atoms with Crippen molar-refractivity contribution in [1.82, 2.24) is 3.97 Å². The topological polar surface area (TPSA) is 77.8 Å². The quantitative estimate of drug-likeness (QED) is 0.800. The van der Waals surface area contributed by atoms with Gasteiger partial charge < -0.3 is 14.6 Å². The van der Waals surface area contributed by atoms with Gasteiger partial charge >= 0.3 is 0 Å². The summed E-state index contributed by atoms with van der Waals surface area (Å²) in [6.45, 7) is 3.22. The molecule has 142 valence electrons.